The molecule has 116 valence electrons. The van der Waals surface area contributed by atoms with Gasteiger partial charge < -0.3 is 20.6 Å². The predicted molar refractivity (Wildman–Crippen MR) is 75.3 cm³/mol. The van der Waals surface area contributed by atoms with Crippen LogP contribution in [0.5, 0.6) is 0 Å². The summed E-state index contributed by atoms with van der Waals surface area (Å²) in [5.41, 5.74) is 0. The van der Waals surface area contributed by atoms with Crippen LogP contribution in [0.2, 0.25) is 0 Å². The van der Waals surface area contributed by atoms with Crippen molar-refractivity contribution < 1.29 is 19.5 Å². The molecule has 0 heterocycles. The van der Waals surface area contributed by atoms with Gasteiger partial charge in [-0.15, -0.1) is 0 Å². The van der Waals surface area contributed by atoms with Crippen LogP contribution in [0.25, 0.3) is 0 Å². The molecule has 0 radical (unpaired) electrons. The van der Waals surface area contributed by atoms with Gasteiger partial charge in [-0.25, -0.2) is 4.79 Å². The average Bonchev–Trinajstić information content (AvgIpc) is 2.32. The first-order valence-corrected chi connectivity index (χ1v) is 6.76. The molecule has 0 spiro atoms. The van der Waals surface area contributed by atoms with Crippen LogP contribution in [0, 0.1) is 5.92 Å². The molecule has 0 rings (SSSR count). The Kier molecular flexibility index (Phi) is 8.35. The Labute approximate surface area is 119 Å². The smallest absolute Gasteiger partial charge is 0.317 e. The standard InChI is InChI=1S/C13H25N3O4/c1-5-10(6-12(18)19)7-14-13(20)16(4)8-11(17)15-9(2)3/h9-10H,5-8H2,1-4H3,(H,14,20)(H,15,17)(H,18,19). The highest BCUT2D eigenvalue weighted by Crippen LogP contribution is 2.06. The summed E-state index contributed by atoms with van der Waals surface area (Å²) in [6, 6.07) is -0.355. The SMILES string of the molecule is CCC(CNC(=O)N(C)CC(=O)NC(C)C)CC(=O)O. The van der Waals surface area contributed by atoms with Crippen LogP contribution in [-0.2, 0) is 9.59 Å². The van der Waals surface area contributed by atoms with Gasteiger partial charge in [0.2, 0.25) is 5.91 Å². The van der Waals surface area contributed by atoms with Crippen LogP contribution in [0.4, 0.5) is 4.79 Å². The number of carbonyl (C=O) groups excluding carboxylic acids is 2. The molecule has 0 aromatic rings. The van der Waals surface area contributed by atoms with Crippen LogP contribution in [0.1, 0.15) is 33.6 Å². The topological polar surface area (TPSA) is 98.7 Å². The zero-order valence-electron chi connectivity index (χ0n) is 12.6. The Balaban J connectivity index is 4.12. The molecular weight excluding hydrogens is 262 g/mol. The van der Waals surface area contributed by atoms with Crippen molar-refractivity contribution in [1.82, 2.24) is 15.5 Å². The average molecular weight is 287 g/mol. The van der Waals surface area contributed by atoms with Crippen molar-refractivity contribution in [3.8, 4) is 0 Å². The number of likely N-dealkylation sites (N-methyl/N-ethyl adjacent to an activating group) is 1. The monoisotopic (exact) mass is 287 g/mol. The molecule has 0 aliphatic heterocycles. The van der Waals surface area contributed by atoms with E-state index in [0.29, 0.717) is 6.42 Å². The molecular formula is C13H25N3O4. The quantitative estimate of drug-likeness (QED) is 0.610. The van der Waals surface area contributed by atoms with E-state index in [4.69, 9.17) is 5.11 Å². The summed E-state index contributed by atoms with van der Waals surface area (Å²) in [6.07, 6.45) is 0.693. The molecule has 0 saturated carbocycles. The summed E-state index contributed by atoms with van der Waals surface area (Å²) < 4.78 is 0. The van der Waals surface area contributed by atoms with Crippen LogP contribution in [0.3, 0.4) is 0 Å². The van der Waals surface area contributed by atoms with E-state index in [1.165, 1.54) is 11.9 Å². The Bertz CT molecular complexity index is 345. The van der Waals surface area contributed by atoms with Crippen molar-refractivity contribution in [2.75, 3.05) is 20.1 Å². The summed E-state index contributed by atoms with van der Waals surface area (Å²) in [5.74, 6) is -1.21. The van der Waals surface area contributed by atoms with E-state index < -0.39 is 5.97 Å². The zero-order chi connectivity index (χ0) is 15.7. The molecule has 0 bridgehead atoms. The van der Waals surface area contributed by atoms with Gasteiger partial charge in [-0.05, 0) is 19.8 Å². The zero-order valence-corrected chi connectivity index (χ0v) is 12.6. The highest BCUT2D eigenvalue weighted by atomic mass is 16.4. The number of carboxylic acid groups (broad SMARTS) is 1. The molecule has 1 atom stereocenters. The number of nitrogens with zero attached hydrogens (tertiary/aromatic N) is 1. The normalized spacial score (nSPS) is 11.8. The first kappa shape index (κ1) is 18.2. The third kappa shape index (κ3) is 8.34. The van der Waals surface area contributed by atoms with Gasteiger partial charge in [0.1, 0.15) is 6.54 Å². The summed E-state index contributed by atoms with van der Waals surface area (Å²) in [6.45, 7) is 5.82. The van der Waals surface area contributed by atoms with Gasteiger partial charge in [-0.2, -0.15) is 0 Å². The molecule has 0 saturated heterocycles. The van der Waals surface area contributed by atoms with Gasteiger partial charge >= 0.3 is 12.0 Å². The summed E-state index contributed by atoms with van der Waals surface area (Å²) >= 11 is 0. The third-order valence-electron chi connectivity index (χ3n) is 2.76. The Hall–Kier alpha value is -1.79. The lowest BCUT2D eigenvalue weighted by Crippen LogP contribution is -2.45. The van der Waals surface area contributed by atoms with Crippen molar-refractivity contribution in [3.63, 3.8) is 0 Å². The van der Waals surface area contributed by atoms with Gasteiger partial charge in [-0.3, -0.25) is 9.59 Å². The van der Waals surface area contributed by atoms with Crippen LogP contribution < -0.4 is 10.6 Å². The number of hydrogen-bond acceptors (Lipinski definition) is 3. The number of amides is 3. The fraction of sp³-hybridized carbons (Fsp3) is 0.769. The largest absolute Gasteiger partial charge is 0.481 e. The molecule has 1 unspecified atom stereocenters. The van der Waals surface area contributed by atoms with Gasteiger partial charge in [-0.1, -0.05) is 13.3 Å². The molecule has 0 aliphatic carbocycles. The number of nitrogens with one attached hydrogen (secondary N) is 2. The molecule has 7 nitrogen and oxygen atoms in total. The van der Waals surface area contributed by atoms with Crippen molar-refractivity contribution in [2.24, 2.45) is 5.92 Å². The van der Waals surface area contributed by atoms with Crippen LogP contribution in [0.15, 0.2) is 0 Å². The first-order chi connectivity index (χ1) is 9.26. The lowest BCUT2D eigenvalue weighted by atomic mass is 10.0. The molecule has 0 fully saturated rings. The molecule has 20 heavy (non-hydrogen) atoms. The maximum atomic E-state index is 11.8. The maximum absolute atomic E-state index is 11.8. The molecule has 0 aromatic carbocycles. The molecule has 7 heteroatoms. The van der Waals surface area contributed by atoms with E-state index in [9.17, 15) is 14.4 Å². The number of rotatable bonds is 8. The molecule has 0 aliphatic rings. The number of carboxylic acids is 1. The second-order valence-electron chi connectivity index (χ2n) is 5.14. The number of aliphatic carboxylic acids is 1. The van der Waals surface area contributed by atoms with Gasteiger partial charge in [0.15, 0.2) is 0 Å². The minimum Gasteiger partial charge on any atom is -0.481 e. The molecule has 3 amide bonds. The Morgan fingerprint density at radius 2 is 1.85 bits per heavy atom. The Morgan fingerprint density at radius 1 is 1.25 bits per heavy atom. The van der Waals surface area contributed by atoms with E-state index in [-0.39, 0.29) is 43.4 Å². The first-order valence-electron chi connectivity index (χ1n) is 6.76. The van der Waals surface area contributed by atoms with Gasteiger partial charge in [0.25, 0.3) is 0 Å². The fourth-order valence-electron chi connectivity index (χ4n) is 1.63. The van der Waals surface area contributed by atoms with E-state index in [1.54, 1.807) is 0 Å². The van der Waals surface area contributed by atoms with Crippen molar-refractivity contribution >= 4 is 17.9 Å². The van der Waals surface area contributed by atoms with E-state index >= 15 is 0 Å². The summed E-state index contributed by atoms with van der Waals surface area (Å²) in [4.78, 5) is 35.1. The predicted octanol–water partition coefficient (Wildman–Crippen LogP) is 0.653. The molecule has 0 aromatic heterocycles. The second-order valence-corrected chi connectivity index (χ2v) is 5.14. The minimum atomic E-state index is -0.879. The summed E-state index contributed by atoms with van der Waals surface area (Å²) in [7, 11) is 1.52. The fourth-order valence-corrected chi connectivity index (χ4v) is 1.63. The number of urea groups is 1. The maximum Gasteiger partial charge on any atom is 0.317 e. The minimum absolute atomic E-state index is 0.0222. The molecule has 3 N–H and O–H groups in total. The highest BCUT2D eigenvalue weighted by Gasteiger charge is 2.16. The summed E-state index contributed by atoms with van der Waals surface area (Å²) in [5, 5.41) is 14.0. The van der Waals surface area contributed by atoms with Crippen molar-refractivity contribution in [2.45, 2.75) is 39.7 Å². The van der Waals surface area contributed by atoms with E-state index in [0.717, 1.165) is 0 Å². The van der Waals surface area contributed by atoms with E-state index in [2.05, 4.69) is 10.6 Å². The van der Waals surface area contributed by atoms with Crippen molar-refractivity contribution in [3.05, 3.63) is 0 Å². The Morgan fingerprint density at radius 3 is 2.30 bits per heavy atom. The van der Waals surface area contributed by atoms with Gasteiger partial charge in [0, 0.05) is 26.1 Å². The number of hydrogen-bond donors (Lipinski definition) is 3. The lowest BCUT2D eigenvalue weighted by Gasteiger charge is -2.20. The lowest BCUT2D eigenvalue weighted by molar-refractivity contribution is -0.138. The van der Waals surface area contributed by atoms with Gasteiger partial charge in [0.05, 0.1) is 0 Å². The second kappa shape index (κ2) is 9.17. The third-order valence-corrected chi connectivity index (χ3v) is 2.76. The number of carbonyl (C=O) groups is 3. The van der Waals surface area contributed by atoms with Crippen LogP contribution >= 0.6 is 0 Å². The highest BCUT2D eigenvalue weighted by molar-refractivity contribution is 5.84. The van der Waals surface area contributed by atoms with Crippen LogP contribution in [-0.4, -0.2) is 54.1 Å². The van der Waals surface area contributed by atoms with E-state index in [1.807, 2.05) is 20.8 Å². The van der Waals surface area contributed by atoms with Crippen molar-refractivity contribution in [1.29, 1.82) is 0 Å².